The fourth-order valence-electron chi connectivity index (χ4n) is 4.35. The summed E-state index contributed by atoms with van der Waals surface area (Å²) in [5.74, 6) is 0.889. The van der Waals surface area contributed by atoms with E-state index in [1.54, 1.807) is 6.92 Å². The molecule has 2 saturated heterocycles. The van der Waals surface area contributed by atoms with E-state index >= 15 is 0 Å². The lowest BCUT2D eigenvalue weighted by atomic mass is 9.92. The highest BCUT2D eigenvalue weighted by atomic mass is 16.2. The molecule has 1 aromatic rings. The Kier molecular flexibility index (Phi) is 17.0. The summed E-state index contributed by atoms with van der Waals surface area (Å²) < 4.78 is 0. The topological polar surface area (TPSA) is 60.9 Å². The molecule has 1 unspecified atom stereocenters. The number of carbonyl (C=O) groups is 3. The molecule has 0 N–H and O–H groups in total. The number of piperidine rings is 2. The van der Waals surface area contributed by atoms with Crippen LogP contribution in [0.2, 0.25) is 0 Å². The van der Waals surface area contributed by atoms with Crippen LogP contribution in [0.15, 0.2) is 24.3 Å². The van der Waals surface area contributed by atoms with Crippen molar-refractivity contribution in [2.75, 3.05) is 45.2 Å². The first-order chi connectivity index (χ1) is 16.3. The third kappa shape index (κ3) is 10.8. The number of Topliss-reactive ketones (excluding diaryl/α,β-unsaturated/α-hetero) is 1. The number of likely N-dealkylation sites (N-methyl/N-ethyl adjacent to an activating group) is 2. The fraction of sp³-hybridized carbons (Fsp3) is 0.679. The highest BCUT2D eigenvalue weighted by Gasteiger charge is 2.27. The third-order valence-corrected chi connectivity index (χ3v) is 6.26. The summed E-state index contributed by atoms with van der Waals surface area (Å²) >= 11 is 0. The molecule has 2 aliphatic heterocycles. The van der Waals surface area contributed by atoms with Gasteiger partial charge < -0.3 is 19.5 Å². The van der Waals surface area contributed by atoms with E-state index in [0.717, 1.165) is 51.0 Å². The van der Waals surface area contributed by atoms with Gasteiger partial charge >= 0.3 is 0 Å². The van der Waals surface area contributed by atoms with Crippen LogP contribution in [0.5, 0.6) is 0 Å². The third-order valence-electron chi connectivity index (χ3n) is 6.26. The average Bonchev–Trinajstić information content (AvgIpc) is 2.87. The minimum absolute atomic E-state index is 0.104. The second-order valence-electron chi connectivity index (χ2n) is 9.01. The molecule has 34 heavy (non-hydrogen) atoms. The van der Waals surface area contributed by atoms with Gasteiger partial charge in [-0.1, -0.05) is 34.1 Å². The number of likely N-dealkylation sites (tertiary alicyclic amines) is 1. The first-order valence-electron chi connectivity index (χ1n) is 12.9. The van der Waals surface area contributed by atoms with Crippen LogP contribution in [-0.2, 0) is 9.59 Å². The maximum absolute atomic E-state index is 12.7. The fourth-order valence-corrected chi connectivity index (χ4v) is 4.35. The van der Waals surface area contributed by atoms with E-state index < -0.39 is 0 Å². The van der Waals surface area contributed by atoms with Crippen molar-refractivity contribution < 1.29 is 14.4 Å². The predicted molar refractivity (Wildman–Crippen MR) is 144 cm³/mol. The Morgan fingerprint density at radius 2 is 1.53 bits per heavy atom. The summed E-state index contributed by atoms with van der Waals surface area (Å²) in [6.07, 6.45) is 6.34. The number of ketones is 1. The number of benzene rings is 1. The highest BCUT2D eigenvalue weighted by Crippen LogP contribution is 2.26. The molecule has 194 valence electrons. The first-order valence-corrected chi connectivity index (χ1v) is 12.9. The zero-order chi connectivity index (χ0) is 26.1. The van der Waals surface area contributed by atoms with Gasteiger partial charge in [0.15, 0.2) is 5.78 Å². The molecule has 3 rings (SSSR count). The molecule has 0 spiro atoms. The van der Waals surface area contributed by atoms with Crippen molar-refractivity contribution in [3.63, 3.8) is 0 Å². The van der Waals surface area contributed by atoms with Crippen molar-refractivity contribution in [1.29, 1.82) is 0 Å². The molecule has 1 amide bonds. The lowest BCUT2D eigenvalue weighted by molar-refractivity contribution is -0.134. The highest BCUT2D eigenvalue weighted by molar-refractivity contribution is 5.94. The zero-order valence-corrected chi connectivity index (χ0v) is 22.8. The van der Waals surface area contributed by atoms with Crippen LogP contribution >= 0.6 is 0 Å². The number of anilines is 1. The summed E-state index contributed by atoms with van der Waals surface area (Å²) in [5, 5.41) is 0. The van der Waals surface area contributed by atoms with E-state index in [1.807, 2.05) is 56.8 Å². The van der Waals surface area contributed by atoms with Gasteiger partial charge in [0.05, 0.1) is 0 Å². The maximum Gasteiger partial charge on any atom is 0.222 e. The van der Waals surface area contributed by atoms with Gasteiger partial charge in [-0.15, -0.1) is 0 Å². The summed E-state index contributed by atoms with van der Waals surface area (Å²) in [4.78, 5) is 38.8. The van der Waals surface area contributed by atoms with E-state index in [2.05, 4.69) is 30.7 Å². The standard InChI is InChI=1S/C22H33N3O2.C3H8.C2H6.CH2O/c1-17(26)19-6-8-20(9-7-19)25-13-10-18(11-14-25)15-22(27)24(3)21-5-4-12-23(2)16-21;1-3-2;2*1-2/h6-9,18,21H,4-5,10-16H2,1-3H3;3H2,1-2H3;1-2H3;1H2. The largest absolute Gasteiger partial charge is 0.372 e. The molecule has 2 aliphatic rings. The average molecular weight is 476 g/mol. The van der Waals surface area contributed by atoms with E-state index in [1.165, 1.54) is 18.5 Å². The van der Waals surface area contributed by atoms with Crippen LogP contribution in [0.3, 0.4) is 0 Å². The van der Waals surface area contributed by atoms with Gasteiger partial charge in [0.1, 0.15) is 6.79 Å². The van der Waals surface area contributed by atoms with E-state index in [0.29, 0.717) is 24.3 Å². The monoisotopic (exact) mass is 475 g/mol. The lowest BCUT2D eigenvalue weighted by Gasteiger charge is -2.37. The summed E-state index contributed by atoms with van der Waals surface area (Å²) in [5.41, 5.74) is 1.93. The van der Waals surface area contributed by atoms with Crippen molar-refractivity contribution >= 4 is 24.2 Å². The van der Waals surface area contributed by atoms with E-state index in [-0.39, 0.29) is 5.78 Å². The molecular weight excluding hydrogens is 426 g/mol. The van der Waals surface area contributed by atoms with Crippen LogP contribution in [0.25, 0.3) is 0 Å². The zero-order valence-electron chi connectivity index (χ0n) is 22.8. The summed E-state index contributed by atoms with van der Waals surface area (Å²) in [7, 11) is 4.13. The second-order valence-corrected chi connectivity index (χ2v) is 9.01. The van der Waals surface area contributed by atoms with Gasteiger partial charge in [-0.25, -0.2) is 0 Å². The minimum Gasteiger partial charge on any atom is -0.372 e. The molecule has 0 aliphatic carbocycles. The van der Waals surface area contributed by atoms with Gasteiger partial charge in [0.2, 0.25) is 5.91 Å². The maximum atomic E-state index is 12.7. The number of hydrogen-bond donors (Lipinski definition) is 0. The Morgan fingerprint density at radius 1 is 1.00 bits per heavy atom. The molecule has 1 aromatic carbocycles. The molecule has 0 bridgehead atoms. The van der Waals surface area contributed by atoms with Crippen LogP contribution in [0, 0.1) is 5.92 Å². The molecule has 2 heterocycles. The molecule has 0 radical (unpaired) electrons. The SMILES string of the molecule is C=O.CC.CC(=O)c1ccc(N2CCC(CC(=O)N(C)C3CCCN(C)C3)CC2)cc1.CCC. The normalized spacial score (nSPS) is 18.2. The minimum atomic E-state index is 0.104. The molecule has 1 atom stereocenters. The van der Waals surface area contributed by atoms with Crippen LogP contribution in [-0.4, -0.2) is 74.6 Å². The number of amides is 1. The Morgan fingerprint density at radius 3 is 2.00 bits per heavy atom. The number of rotatable bonds is 5. The van der Waals surface area contributed by atoms with E-state index in [4.69, 9.17) is 4.79 Å². The second kappa shape index (κ2) is 18.2. The lowest BCUT2D eigenvalue weighted by Crippen LogP contribution is -2.48. The van der Waals surface area contributed by atoms with Crippen molar-refractivity contribution in [2.45, 2.75) is 79.2 Å². The number of hydrogen-bond acceptors (Lipinski definition) is 5. The first kappa shape index (κ1) is 31.8. The van der Waals surface area contributed by atoms with Crippen LogP contribution in [0.1, 0.15) is 83.5 Å². The molecule has 0 aromatic heterocycles. The van der Waals surface area contributed by atoms with Crippen LogP contribution < -0.4 is 4.90 Å². The van der Waals surface area contributed by atoms with Gasteiger partial charge in [-0.3, -0.25) is 9.59 Å². The van der Waals surface area contributed by atoms with Gasteiger partial charge in [-0.05, 0) is 76.4 Å². The molecular formula is C28H49N3O3. The molecule has 6 nitrogen and oxygen atoms in total. The smallest absolute Gasteiger partial charge is 0.222 e. The van der Waals surface area contributed by atoms with Crippen molar-refractivity contribution in [2.24, 2.45) is 5.92 Å². The van der Waals surface area contributed by atoms with Gasteiger partial charge in [0.25, 0.3) is 0 Å². The molecule has 2 fully saturated rings. The predicted octanol–water partition coefficient (Wildman–Crippen LogP) is 5.31. The van der Waals surface area contributed by atoms with Gasteiger partial charge in [-0.2, -0.15) is 0 Å². The van der Waals surface area contributed by atoms with E-state index in [9.17, 15) is 9.59 Å². The number of nitrogens with zero attached hydrogens (tertiary/aromatic N) is 3. The van der Waals surface area contributed by atoms with Crippen molar-refractivity contribution in [1.82, 2.24) is 9.80 Å². The Bertz CT molecular complexity index is 685. The van der Waals surface area contributed by atoms with Crippen molar-refractivity contribution in [3.8, 4) is 0 Å². The van der Waals surface area contributed by atoms with Crippen LogP contribution in [0.4, 0.5) is 5.69 Å². The summed E-state index contributed by atoms with van der Waals surface area (Å²) in [6.45, 7) is 15.9. The summed E-state index contributed by atoms with van der Waals surface area (Å²) in [6, 6.07) is 8.26. The Labute approximate surface area is 208 Å². The van der Waals surface area contributed by atoms with Gasteiger partial charge in [0, 0.05) is 50.4 Å². The quantitative estimate of drug-likeness (QED) is 0.541. The Hall–Kier alpha value is -2.21. The molecule has 6 heteroatoms. The molecule has 0 saturated carbocycles. The number of carbonyl (C=O) groups excluding carboxylic acids is 3. The Balaban J connectivity index is 0.00000141. The van der Waals surface area contributed by atoms with Crippen molar-refractivity contribution in [3.05, 3.63) is 29.8 Å².